The van der Waals surface area contributed by atoms with Crippen molar-refractivity contribution < 1.29 is 14.5 Å². The summed E-state index contributed by atoms with van der Waals surface area (Å²) in [6.07, 6.45) is 0.239. The zero-order valence-corrected chi connectivity index (χ0v) is 12.8. The van der Waals surface area contributed by atoms with Gasteiger partial charge in [0.05, 0.1) is 18.0 Å². The van der Waals surface area contributed by atoms with Gasteiger partial charge in [-0.25, -0.2) is 0 Å². The molecule has 0 bridgehead atoms. The Morgan fingerprint density at radius 2 is 1.91 bits per heavy atom. The number of nitro benzene ring substituents is 1. The number of carbonyl (C=O) groups excluding carboxylic acids is 1. The first-order chi connectivity index (χ1) is 10.6. The topological polar surface area (TPSA) is 69.4 Å². The highest BCUT2D eigenvalue weighted by molar-refractivity contribution is 7.99. The molecule has 0 N–H and O–H groups in total. The molecule has 0 radical (unpaired) electrons. The van der Waals surface area contributed by atoms with Crippen molar-refractivity contribution in [3.63, 3.8) is 0 Å². The maximum atomic E-state index is 11.5. The Morgan fingerprint density at radius 1 is 1.18 bits per heavy atom. The lowest BCUT2D eigenvalue weighted by Gasteiger charge is -2.05. The summed E-state index contributed by atoms with van der Waals surface area (Å²) in [4.78, 5) is 23.6. The number of rotatable bonds is 6. The third kappa shape index (κ3) is 4.60. The van der Waals surface area contributed by atoms with E-state index in [1.807, 2.05) is 24.3 Å². The van der Waals surface area contributed by atoms with Gasteiger partial charge >= 0.3 is 5.97 Å². The number of carbonyl (C=O) groups is 1. The average molecular weight is 317 g/mol. The van der Waals surface area contributed by atoms with Gasteiger partial charge in [0.15, 0.2) is 0 Å². The molecule has 2 aromatic rings. The zero-order valence-electron chi connectivity index (χ0n) is 12.0. The molecule has 0 heterocycles. The van der Waals surface area contributed by atoms with Gasteiger partial charge in [0.25, 0.3) is 5.69 Å². The Labute approximate surface area is 132 Å². The molecule has 0 aliphatic carbocycles. The van der Waals surface area contributed by atoms with E-state index in [-0.39, 0.29) is 18.1 Å². The molecule has 0 unspecified atom stereocenters. The quantitative estimate of drug-likeness (QED) is 0.460. The fourth-order valence-electron chi connectivity index (χ4n) is 1.87. The molecule has 0 amide bonds. The maximum absolute atomic E-state index is 11.5. The molecule has 6 heteroatoms. The van der Waals surface area contributed by atoms with Gasteiger partial charge in [-0.15, -0.1) is 0 Å². The minimum atomic E-state index is -0.422. The molecule has 2 rings (SSSR count). The van der Waals surface area contributed by atoms with Crippen LogP contribution in [-0.4, -0.2) is 17.5 Å². The van der Waals surface area contributed by atoms with Crippen LogP contribution in [0.4, 0.5) is 5.69 Å². The normalized spacial score (nSPS) is 10.2. The molecule has 2 aromatic carbocycles. The van der Waals surface area contributed by atoms with Crippen LogP contribution in [0, 0.1) is 10.1 Å². The summed E-state index contributed by atoms with van der Waals surface area (Å²) in [6, 6.07) is 14.0. The minimum absolute atomic E-state index is 0.0698. The first-order valence-electron chi connectivity index (χ1n) is 6.75. The Balaban J connectivity index is 2.06. The van der Waals surface area contributed by atoms with Gasteiger partial charge in [-0.2, -0.15) is 0 Å². The molecule has 0 aromatic heterocycles. The van der Waals surface area contributed by atoms with Crippen LogP contribution in [0.15, 0.2) is 58.3 Å². The van der Waals surface area contributed by atoms with Gasteiger partial charge in [0, 0.05) is 21.9 Å². The number of nitro groups is 1. The Kier molecular flexibility index (Phi) is 5.55. The highest BCUT2D eigenvalue weighted by atomic mass is 32.2. The number of ether oxygens (including phenoxy) is 1. The minimum Gasteiger partial charge on any atom is -0.466 e. The van der Waals surface area contributed by atoms with Gasteiger partial charge in [-0.05, 0) is 36.8 Å². The lowest BCUT2D eigenvalue weighted by molar-refractivity contribution is -0.384. The van der Waals surface area contributed by atoms with Crippen molar-refractivity contribution in [2.45, 2.75) is 23.1 Å². The fraction of sp³-hybridized carbons (Fsp3) is 0.188. The molecule has 22 heavy (non-hydrogen) atoms. The van der Waals surface area contributed by atoms with Gasteiger partial charge in [0.1, 0.15) is 0 Å². The summed E-state index contributed by atoms with van der Waals surface area (Å²) in [5.74, 6) is -0.250. The van der Waals surface area contributed by atoms with Crippen molar-refractivity contribution in [2.24, 2.45) is 0 Å². The molecule has 5 nitrogen and oxygen atoms in total. The van der Waals surface area contributed by atoms with Crippen LogP contribution in [0.25, 0.3) is 0 Å². The lowest BCUT2D eigenvalue weighted by atomic mass is 10.1. The van der Waals surface area contributed by atoms with E-state index in [9.17, 15) is 14.9 Å². The van der Waals surface area contributed by atoms with Gasteiger partial charge in [-0.3, -0.25) is 14.9 Å². The highest BCUT2D eigenvalue weighted by Crippen LogP contribution is 2.29. The summed E-state index contributed by atoms with van der Waals surface area (Å²) in [7, 11) is 0. The molecule has 0 atom stereocenters. The van der Waals surface area contributed by atoms with Crippen LogP contribution in [0.1, 0.15) is 12.5 Å². The number of benzene rings is 2. The molecule has 0 fully saturated rings. The second-order valence-electron chi connectivity index (χ2n) is 4.48. The number of non-ortho nitro benzene ring substituents is 1. The second kappa shape index (κ2) is 7.61. The van der Waals surface area contributed by atoms with Crippen LogP contribution in [0.5, 0.6) is 0 Å². The average Bonchev–Trinajstić information content (AvgIpc) is 2.48. The van der Waals surface area contributed by atoms with Crippen LogP contribution < -0.4 is 0 Å². The Hall–Kier alpha value is -2.34. The summed E-state index contributed by atoms with van der Waals surface area (Å²) in [5.41, 5.74) is 0.950. The van der Waals surface area contributed by atoms with Crippen molar-refractivity contribution in [3.8, 4) is 0 Å². The third-order valence-electron chi connectivity index (χ3n) is 2.84. The molecular formula is C16H15NO4S. The zero-order chi connectivity index (χ0) is 15.9. The molecular weight excluding hydrogens is 302 g/mol. The molecule has 0 aliphatic rings. The first-order valence-corrected chi connectivity index (χ1v) is 7.57. The van der Waals surface area contributed by atoms with E-state index >= 15 is 0 Å². The molecule has 0 spiro atoms. The van der Waals surface area contributed by atoms with E-state index in [0.29, 0.717) is 6.61 Å². The van der Waals surface area contributed by atoms with Crippen LogP contribution in [0.3, 0.4) is 0 Å². The van der Waals surface area contributed by atoms with Crippen LogP contribution in [-0.2, 0) is 16.0 Å². The summed E-state index contributed by atoms with van der Waals surface area (Å²) < 4.78 is 4.93. The Morgan fingerprint density at radius 3 is 2.55 bits per heavy atom. The SMILES string of the molecule is CCOC(=O)Cc1cccc(Sc2ccc([N+](=O)[O-])cc2)c1. The van der Waals surface area contributed by atoms with E-state index in [2.05, 4.69) is 0 Å². The monoisotopic (exact) mass is 317 g/mol. The Bertz CT molecular complexity index is 670. The number of nitrogens with zero attached hydrogens (tertiary/aromatic N) is 1. The highest BCUT2D eigenvalue weighted by Gasteiger charge is 2.07. The molecule has 0 aliphatic heterocycles. The van der Waals surface area contributed by atoms with Gasteiger partial charge in [-0.1, -0.05) is 23.9 Å². The second-order valence-corrected chi connectivity index (χ2v) is 5.63. The summed E-state index contributed by atoms with van der Waals surface area (Å²) in [5, 5.41) is 10.6. The number of esters is 1. The molecule has 0 saturated carbocycles. The van der Waals surface area contributed by atoms with Crippen LogP contribution >= 0.6 is 11.8 Å². The maximum Gasteiger partial charge on any atom is 0.310 e. The van der Waals surface area contributed by atoms with E-state index in [1.54, 1.807) is 19.1 Å². The smallest absolute Gasteiger partial charge is 0.310 e. The van der Waals surface area contributed by atoms with Crippen LogP contribution in [0.2, 0.25) is 0 Å². The van der Waals surface area contributed by atoms with E-state index in [4.69, 9.17) is 4.74 Å². The van der Waals surface area contributed by atoms with E-state index in [0.717, 1.165) is 15.4 Å². The molecule has 114 valence electrons. The lowest BCUT2D eigenvalue weighted by Crippen LogP contribution is -2.07. The fourth-order valence-corrected chi connectivity index (χ4v) is 2.77. The van der Waals surface area contributed by atoms with Crippen molar-refractivity contribution in [3.05, 3.63) is 64.2 Å². The number of hydrogen-bond acceptors (Lipinski definition) is 5. The summed E-state index contributed by atoms with van der Waals surface area (Å²) in [6.45, 7) is 2.15. The van der Waals surface area contributed by atoms with Crippen molar-refractivity contribution in [2.75, 3.05) is 6.61 Å². The van der Waals surface area contributed by atoms with Gasteiger partial charge in [0.2, 0.25) is 0 Å². The van der Waals surface area contributed by atoms with Crippen molar-refractivity contribution >= 4 is 23.4 Å². The standard InChI is InChI=1S/C16H15NO4S/c1-2-21-16(18)11-12-4-3-5-15(10-12)22-14-8-6-13(7-9-14)17(19)20/h3-10H,2,11H2,1H3. The first kappa shape index (κ1) is 16.0. The predicted molar refractivity (Wildman–Crippen MR) is 84.0 cm³/mol. The van der Waals surface area contributed by atoms with Crippen molar-refractivity contribution in [1.82, 2.24) is 0 Å². The molecule has 0 saturated heterocycles. The predicted octanol–water partition coefficient (Wildman–Crippen LogP) is 3.85. The van der Waals surface area contributed by atoms with Gasteiger partial charge < -0.3 is 4.74 Å². The largest absolute Gasteiger partial charge is 0.466 e. The van der Waals surface area contributed by atoms with E-state index < -0.39 is 4.92 Å². The summed E-state index contributed by atoms with van der Waals surface area (Å²) >= 11 is 1.49. The number of hydrogen-bond donors (Lipinski definition) is 0. The van der Waals surface area contributed by atoms with E-state index in [1.165, 1.54) is 23.9 Å². The third-order valence-corrected chi connectivity index (χ3v) is 3.83. The van der Waals surface area contributed by atoms with Crippen molar-refractivity contribution in [1.29, 1.82) is 0 Å².